The summed E-state index contributed by atoms with van der Waals surface area (Å²) in [5.41, 5.74) is 3.62. The number of hydrogen-bond donors (Lipinski definition) is 1. The van der Waals surface area contributed by atoms with Gasteiger partial charge in [-0.05, 0) is 41.5 Å². The zero-order valence-corrected chi connectivity index (χ0v) is 15.2. The topological polar surface area (TPSA) is 21.3 Å². The third kappa shape index (κ3) is 3.62. The van der Waals surface area contributed by atoms with Crippen molar-refractivity contribution >= 4 is 43.5 Å². The van der Waals surface area contributed by atoms with Gasteiger partial charge in [-0.2, -0.15) is 0 Å². The van der Waals surface area contributed by atoms with E-state index in [1.165, 1.54) is 11.1 Å². The number of rotatable bonds is 4. The highest BCUT2D eigenvalue weighted by Gasteiger charge is 2.17. The Balaban J connectivity index is 1.70. The summed E-state index contributed by atoms with van der Waals surface area (Å²) in [7, 11) is 0. The van der Waals surface area contributed by atoms with E-state index in [9.17, 15) is 0 Å². The van der Waals surface area contributed by atoms with Gasteiger partial charge in [0.2, 0.25) is 0 Å². The van der Waals surface area contributed by atoms with Gasteiger partial charge in [0.1, 0.15) is 5.75 Å². The zero-order chi connectivity index (χ0) is 14.8. The van der Waals surface area contributed by atoms with Crippen molar-refractivity contribution in [3.05, 3.63) is 61.0 Å². The monoisotopic (exact) mass is 429 g/mol. The van der Waals surface area contributed by atoms with E-state index in [4.69, 9.17) is 16.3 Å². The summed E-state index contributed by atoms with van der Waals surface area (Å²) in [6.45, 7) is 2.29. The molecule has 3 rings (SSSR count). The van der Waals surface area contributed by atoms with Gasteiger partial charge in [-0.3, -0.25) is 0 Å². The van der Waals surface area contributed by atoms with Crippen LogP contribution in [0.4, 0.5) is 0 Å². The predicted octanol–water partition coefficient (Wildman–Crippen LogP) is 5.09. The molecule has 2 nitrogen and oxygen atoms in total. The van der Waals surface area contributed by atoms with E-state index in [1.807, 2.05) is 18.2 Å². The maximum Gasteiger partial charge on any atom is 0.127 e. The Morgan fingerprint density at radius 3 is 2.76 bits per heavy atom. The lowest BCUT2D eigenvalue weighted by Crippen LogP contribution is -2.13. The van der Waals surface area contributed by atoms with E-state index < -0.39 is 0 Å². The molecule has 0 aromatic heterocycles. The van der Waals surface area contributed by atoms with Gasteiger partial charge in [0.05, 0.1) is 6.61 Å². The van der Waals surface area contributed by atoms with Crippen molar-refractivity contribution < 1.29 is 4.74 Å². The van der Waals surface area contributed by atoms with Crippen molar-refractivity contribution in [3.63, 3.8) is 0 Å². The van der Waals surface area contributed by atoms with Gasteiger partial charge in [-0.1, -0.05) is 43.5 Å². The van der Waals surface area contributed by atoms with Gasteiger partial charge in [0.25, 0.3) is 0 Å². The van der Waals surface area contributed by atoms with Crippen molar-refractivity contribution in [2.75, 3.05) is 6.61 Å². The first-order valence-electron chi connectivity index (χ1n) is 6.72. The molecule has 0 saturated heterocycles. The molecule has 1 heterocycles. The summed E-state index contributed by atoms with van der Waals surface area (Å²) in [4.78, 5) is 0. The minimum atomic E-state index is 0.752. The van der Waals surface area contributed by atoms with Crippen LogP contribution in [0.5, 0.6) is 5.75 Å². The number of nitrogens with one attached hydrogen (secondary N) is 1. The van der Waals surface area contributed by atoms with Crippen LogP contribution in [0.15, 0.2) is 39.3 Å². The Kier molecular flexibility index (Phi) is 4.89. The van der Waals surface area contributed by atoms with Crippen LogP contribution in [0, 0.1) is 0 Å². The molecule has 5 heteroatoms. The zero-order valence-electron chi connectivity index (χ0n) is 11.3. The molecule has 0 amide bonds. The second kappa shape index (κ2) is 6.69. The molecule has 0 radical (unpaired) electrons. The first-order valence-corrected chi connectivity index (χ1v) is 8.68. The molecular weight excluding hydrogens is 417 g/mol. The minimum Gasteiger partial charge on any atom is -0.493 e. The first kappa shape index (κ1) is 15.3. The van der Waals surface area contributed by atoms with E-state index in [0.29, 0.717) is 0 Å². The third-order valence-corrected chi connectivity index (χ3v) is 4.93. The summed E-state index contributed by atoms with van der Waals surface area (Å²) in [6.07, 6.45) is 0.988. The average molecular weight is 432 g/mol. The SMILES string of the molecule is Clc1ccc(Br)c(CNCc2cc(Br)cc3c2OCC3)c1. The molecule has 0 aliphatic carbocycles. The summed E-state index contributed by atoms with van der Waals surface area (Å²) in [5.74, 6) is 1.04. The van der Waals surface area contributed by atoms with E-state index in [1.54, 1.807) is 0 Å². The van der Waals surface area contributed by atoms with E-state index in [-0.39, 0.29) is 0 Å². The minimum absolute atomic E-state index is 0.752. The fourth-order valence-electron chi connectivity index (χ4n) is 2.49. The molecule has 21 heavy (non-hydrogen) atoms. The first-order chi connectivity index (χ1) is 10.1. The lowest BCUT2D eigenvalue weighted by molar-refractivity contribution is 0.352. The Labute approximate surface area is 146 Å². The summed E-state index contributed by atoms with van der Waals surface area (Å²) in [5, 5.41) is 4.21. The number of fused-ring (bicyclic) bond motifs is 1. The van der Waals surface area contributed by atoms with Crippen LogP contribution in [-0.2, 0) is 19.5 Å². The van der Waals surface area contributed by atoms with Crippen LogP contribution in [0.3, 0.4) is 0 Å². The number of halogens is 3. The van der Waals surface area contributed by atoms with E-state index in [0.717, 1.165) is 51.4 Å². The fourth-order valence-corrected chi connectivity index (χ4v) is 3.62. The standard InChI is InChI=1S/C16H14Br2ClNO/c17-13-5-10-3-4-21-16(10)12(6-13)9-20-8-11-7-14(19)1-2-15(11)18/h1-2,5-7,20H,3-4,8-9H2. The highest BCUT2D eigenvalue weighted by molar-refractivity contribution is 9.10. The van der Waals surface area contributed by atoms with Crippen LogP contribution in [0.1, 0.15) is 16.7 Å². The van der Waals surface area contributed by atoms with Gasteiger partial charge < -0.3 is 10.1 Å². The molecule has 110 valence electrons. The van der Waals surface area contributed by atoms with Crippen LogP contribution >= 0.6 is 43.5 Å². The normalized spacial score (nSPS) is 13.1. The smallest absolute Gasteiger partial charge is 0.127 e. The second-order valence-corrected chi connectivity index (χ2v) is 7.20. The molecule has 0 spiro atoms. The highest BCUT2D eigenvalue weighted by atomic mass is 79.9. The lowest BCUT2D eigenvalue weighted by atomic mass is 10.1. The van der Waals surface area contributed by atoms with Crippen LogP contribution < -0.4 is 10.1 Å². The molecular formula is C16H14Br2ClNO. The van der Waals surface area contributed by atoms with Crippen molar-refractivity contribution in [2.45, 2.75) is 19.5 Å². The Bertz CT molecular complexity index is 676. The van der Waals surface area contributed by atoms with Crippen molar-refractivity contribution in [3.8, 4) is 5.75 Å². The van der Waals surface area contributed by atoms with E-state index >= 15 is 0 Å². The Hall–Kier alpha value is -0.550. The largest absolute Gasteiger partial charge is 0.493 e. The van der Waals surface area contributed by atoms with Gasteiger partial charge in [-0.15, -0.1) is 0 Å². The fraction of sp³-hybridized carbons (Fsp3) is 0.250. The van der Waals surface area contributed by atoms with E-state index in [2.05, 4.69) is 49.3 Å². The number of ether oxygens (including phenoxy) is 1. The van der Waals surface area contributed by atoms with Gasteiger partial charge in [-0.25, -0.2) is 0 Å². The van der Waals surface area contributed by atoms with Crippen molar-refractivity contribution in [1.29, 1.82) is 0 Å². The maximum atomic E-state index is 6.04. The van der Waals surface area contributed by atoms with Crippen LogP contribution in [0.25, 0.3) is 0 Å². The number of hydrogen-bond acceptors (Lipinski definition) is 2. The predicted molar refractivity (Wildman–Crippen MR) is 93.0 cm³/mol. The van der Waals surface area contributed by atoms with Crippen LogP contribution in [-0.4, -0.2) is 6.61 Å². The second-order valence-electron chi connectivity index (χ2n) is 4.99. The number of benzene rings is 2. The maximum absolute atomic E-state index is 6.04. The van der Waals surface area contributed by atoms with Gasteiger partial charge in [0.15, 0.2) is 0 Å². The molecule has 1 aliphatic rings. The molecule has 0 atom stereocenters. The molecule has 0 fully saturated rings. The summed E-state index contributed by atoms with van der Waals surface area (Å²) < 4.78 is 7.91. The molecule has 0 unspecified atom stereocenters. The summed E-state index contributed by atoms with van der Waals surface area (Å²) >= 11 is 13.1. The molecule has 0 bridgehead atoms. The van der Waals surface area contributed by atoms with Crippen LogP contribution in [0.2, 0.25) is 5.02 Å². The molecule has 1 aliphatic heterocycles. The molecule has 2 aromatic carbocycles. The van der Waals surface area contributed by atoms with Gasteiger partial charge in [0, 0.05) is 39.0 Å². The quantitative estimate of drug-likeness (QED) is 0.728. The molecule has 0 saturated carbocycles. The molecule has 2 aromatic rings. The highest BCUT2D eigenvalue weighted by Crippen LogP contribution is 2.33. The molecule has 1 N–H and O–H groups in total. The van der Waals surface area contributed by atoms with Crippen molar-refractivity contribution in [2.24, 2.45) is 0 Å². The summed E-state index contributed by atoms with van der Waals surface area (Å²) in [6, 6.07) is 10.1. The average Bonchev–Trinajstić information content (AvgIpc) is 2.90. The lowest BCUT2D eigenvalue weighted by Gasteiger charge is -2.11. The van der Waals surface area contributed by atoms with Crippen molar-refractivity contribution in [1.82, 2.24) is 5.32 Å². The Morgan fingerprint density at radius 2 is 1.90 bits per heavy atom. The Morgan fingerprint density at radius 1 is 1.10 bits per heavy atom. The van der Waals surface area contributed by atoms with Gasteiger partial charge >= 0.3 is 0 Å². The third-order valence-electron chi connectivity index (χ3n) is 3.46.